The van der Waals surface area contributed by atoms with Crippen LogP contribution in [0.15, 0.2) is 0 Å². The van der Waals surface area contributed by atoms with Crippen LogP contribution in [-0.2, 0) is 9.59 Å². The molecule has 3 nitrogen and oxygen atoms in total. The molecule has 2 fully saturated rings. The fourth-order valence-electron chi connectivity index (χ4n) is 2.84. The minimum Gasteiger partial charge on any atom is -0.281 e. The Morgan fingerprint density at radius 1 is 1.27 bits per heavy atom. The van der Waals surface area contributed by atoms with Gasteiger partial charge in [-0.3, -0.25) is 14.5 Å². The molecule has 0 radical (unpaired) electrons. The Bertz CT molecular complexity index is 268. The Hall–Kier alpha value is -0.570. The van der Waals surface area contributed by atoms with E-state index in [1.165, 1.54) is 4.90 Å². The van der Waals surface area contributed by atoms with E-state index in [0.29, 0.717) is 18.3 Å². The average molecular weight is 230 g/mol. The van der Waals surface area contributed by atoms with Crippen molar-refractivity contribution in [2.45, 2.75) is 26.2 Å². The van der Waals surface area contributed by atoms with Gasteiger partial charge < -0.3 is 0 Å². The molecule has 1 aliphatic heterocycles. The molecular weight excluding hydrogens is 214 g/mol. The Morgan fingerprint density at radius 3 is 2.20 bits per heavy atom. The summed E-state index contributed by atoms with van der Waals surface area (Å²) >= 11 is 5.58. The number of likely N-dealkylation sites (tertiary alicyclic amines) is 1. The second-order valence-corrected chi connectivity index (χ2v) is 4.85. The Morgan fingerprint density at radius 2 is 1.80 bits per heavy atom. The molecule has 0 N–H and O–H groups in total. The third kappa shape index (κ3) is 1.67. The predicted octanol–water partition coefficient (Wildman–Crippen LogP) is 1.65. The molecule has 15 heavy (non-hydrogen) atoms. The van der Waals surface area contributed by atoms with Crippen LogP contribution in [0.4, 0.5) is 0 Å². The fourth-order valence-corrected chi connectivity index (χ4v) is 3.01. The smallest absolute Gasteiger partial charge is 0.233 e. The van der Waals surface area contributed by atoms with Gasteiger partial charge >= 0.3 is 0 Å². The largest absolute Gasteiger partial charge is 0.281 e. The number of hydrogen-bond donors (Lipinski definition) is 0. The summed E-state index contributed by atoms with van der Waals surface area (Å²) in [5, 5.41) is 0. The van der Waals surface area contributed by atoms with E-state index in [4.69, 9.17) is 11.6 Å². The number of amides is 2. The van der Waals surface area contributed by atoms with Crippen LogP contribution in [0.25, 0.3) is 0 Å². The van der Waals surface area contributed by atoms with E-state index in [0.717, 1.165) is 19.3 Å². The standard InChI is InChI=1S/C11H16ClNO2/c1-2-7-5-8-9(6-7)11(15)13(4-3-12)10(8)14/h7-9H,2-6H2,1H3. The molecule has 2 amide bonds. The zero-order valence-corrected chi connectivity index (χ0v) is 9.67. The lowest BCUT2D eigenvalue weighted by atomic mass is 10.00. The van der Waals surface area contributed by atoms with Crippen molar-refractivity contribution in [2.24, 2.45) is 17.8 Å². The maximum atomic E-state index is 11.9. The predicted molar refractivity (Wildman–Crippen MR) is 57.4 cm³/mol. The van der Waals surface area contributed by atoms with Gasteiger partial charge in [0.25, 0.3) is 0 Å². The first kappa shape index (κ1) is 10.9. The first-order chi connectivity index (χ1) is 7.19. The Labute approximate surface area is 94.8 Å². The fraction of sp³-hybridized carbons (Fsp3) is 0.818. The third-order valence-corrected chi connectivity index (χ3v) is 3.88. The van der Waals surface area contributed by atoms with E-state index >= 15 is 0 Å². The van der Waals surface area contributed by atoms with Gasteiger partial charge in [0.1, 0.15) is 0 Å². The minimum atomic E-state index is -0.0364. The lowest BCUT2D eigenvalue weighted by Crippen LogP contribution is -2.33. The summed E-state index contributed by atoms with van der Waals surface area (Å²) in [6.45, 7) is 2.50. The summed E-state index contributed by atoms with van der Waals surface area (Å²) in [5.74, 6) is 0.860. The van der Waals surface area contributed by atoms with Gasteiger partial charge in [-0.05, 0) is 18.8 Å². The Balaban J connectivity index is 2.11. The average Bonchev–Trinajstić information content (AvgIpc) is 2.75. The minimum absolute atomic E-state index is 0.0154. The van der Waals surface area contributed by atoms with Crippen LogP contribution in [0.3, 0.4) is 0 Å². The second kappa shape index (κ2) is 4.12. The molecule has 1 saturated heterocycles. The normalized spacial score (nSPS) is 35.1. The van der Waals surface area contributed by atoms with Crippen LogP contribution in [-0.4, -0.2) is 29.1 Å². The van der Waals surface area contributed by atoms with Crippen molar-refractivity contribution in [3.05, 3.63) is 0 Å². The summed E-state index contributed by atoms with van der Waals surface area (Å²) in [5.41, 5.74) is 0. The van der Waals surface area contributed by atoms with E-state index in [1.807, 2.05) is 0 Å². The van der Waals surface area contributed by atoms with Crippen LogP contribution in [0.2, 0.25) is 0 Å². The van der Waals surface area contributed by atoms with Gasteiger partial charge in [0, 0.05) is 12.4 Å². The van der Waals surface area contributed by atoms with Gasteiger partial charge in [-0.2, -0.15) is 0 Å². The summed E-state index contributed by atoms with van der Waals surface area (Å²) < 4.78 is 0. The third-order valence-electron chi connectivity index (χ3n) is 3.71. The molecule has 0 spiro atoms. The Kier molecular flexibility index (Phi) is 3.01. The molecule has 2 unspecified atom stereocenters. The topological polar surface area (TPSA) is 37.4 Å². The molecule has 1 heterocycles. The van der Waals surface area contributed by atoms with E-state index in [2.05, 4.69) is 6.92 Å². The lowest BCUT2D eigenvalue weighted by molar-refractivity contribution is -0.140. The number of rotatable bonds is 3. The molecule has 1 aliphatic carbocycles. The summed E-state index contributed by atoms with van der Waals surface area (Å²) in [6.07, 6.45) is 2.86. The highest BCUT2D eigenvalue weighted by atomic mass is 35.5. The van der Waals surface area contributed by atoms with Crippen molar-refractivity contribution in [3.8, 4) is 0 Å². The van der Waals surface area contributed by atoms with Gasteiger partial charge in [0.15, 0.2) is 0 Å². The zero-order valence-electron chi connectivity index (χ0n) is 8.91. The van der Waals surface area contributed by atoms with Crippen molar-refractivity contribution in [2.75, 3.05) is 12.4 Å². The number of hydrogen-bond acceptors (Lipinski definition) is 2. The zero-order chi connectivity index (χ0) is 11.0. The van der Waals surface area contributed by atoms with Crippen molar-refractivity contribution in [1.29, 1.82) is 0 Å². The molecule has 4 heteroatoms. The molecule has 0 bridgehead atoms. The van der Waals surface area contributed by atoms with Crippen molar-refractivity contribution in [1.82, 2.24) is 4.90 Å². The van der Waals surface area contributed by atoms with Crippen LogP contribution in [0.5, 0.6) is 0 Å². The van der Waals surface area contributed by atoms with Crippen molar-refractivity contribution >= 4 is 23.4 Å². The maximum absolute atomic E-state index is 11.9. The summed E-state index contributed by atoms with van der Waals surface area (Å²) in [6, 6.07) is 0. The molecule has 1 saturated carbocycles. The number of nitrogens with zero attached hydrogens (tertiary/aromatic N) is 1. The van der Waals surface area contributed by atoms with Crippen molar-refractivity contribution in [3.63, 3.8) is 0 Å². The number of imide groups is 1. The first-order valence-corrected chi connectivity index (χ1v) is 6.13. The van der Waals surface area contributed by atoms with Gasteiger partial charge in [0.2, 0.25) is 11.8 Å². The van der Waals surface area contributed by atoms with Gasteiger partial charge in [-0.25, -0.2) is 0 Å². The van der Waals surface area contributed by atoms with Gasteiger partial charge in [-0.15, -0.1) is 11.6 Å². The second-order valence-electron chi connectivity index (χ2n) is 4.48. The monoisotopic (exact) mass is 229 g/mol. The summed E-state index contributed by atoms with van der Waals surface area (Å²) in [4.78, 5) is 25.1. The van der Waals surface area contributed by atoms with E-state index in [-0.39, 0.29) is 23.7 Å². The van der Waals surface area contributed by atoms with Crippen molar-refractivity contribution < 1.29 is 9.59 Å². The SMILES string of the molecule is CCC1CC2C(=O)N(CCCl)C(=O)C2C1. The number of alkyl halides is 1. The van der Waals surface area contributed by atoms with Gasteiger partial charge in [-0.1, -0.05) is 13.3 Å². The molecule has 0 aromatic heterocycles. The molecule has 2 aliphatic rings. The molecule has 2 rings (SSSR count). The first-order valence-electron chi connectivity index (χ1n) is 5.60. The maximum Gasteiger partial charge on any atom is 0.233 e. The van der Waals surface area contributed by atoms with Crippen LogP contribution < -0.4 is 0 Å². The number of carbonyl (C=O) groups excluding carboxylic acids is 2. The highest BCUT2D eigenvalue weighted by molar-refractivity contribution is 6.18. The van der Waals surface area contributed by atoms with Crippen LogP contribution >= 0.6 is 11.6 Å². The lowest BCUT2D eigenvalue weighted by Gasteiger charge is -2.15. The molecule has 0 aromatic carbocycles. The summed E-state index contributed by atoms with van der Waals surface area (Å²) in [7, 11) is 0. The highest BCUT2D eigenvalue weighted by Gasteiger charge is 2.51. The number of halogens is 1. The number of fused-ring (bicyclic) bond motifs is 1. The van der Waals surface area contributed by atoms with E-state index in [1.54, 1.807) is 0 Å². The number of carbonyl (C=O) groups is 2. The van der Waals surface area contributed by atoms with Crippen LogP contribution in [0.1, 0.15) is 26.2 Å². The molecule has 84 valence electrons. The van der Waals surface area contributed by atoms with Gasteiger partial charge in [0.05, 0.1) is 11.8 Å². The van der Waals surface area contributed by atoms with E-state index in [9.17, 15) is 9.59 Å². The van der Waals surface area contributed by atoms with Crippen LogP contribution in [0, 0.1) is 17.8 Å². The molecule has 0 aromatic rings. The molecule has 2 atom stereocenters. The highest BCUT2D eigenvalue weighted by Crippen LogP contribution is 2.44. The quantitative estimate of drug-likeness (QED) is 0.545. The molecular formula is C11H16ClNO2. The van der Waals surface area contributed by atoms with E-state index < -0.39 is 0 Å².